The van der Waals surface area contributed by atoms with E-state index < -0.39 is 5.60 Å². The first-order valence-corrected chi connectivity index (χ1v) is 6.32. The van der Waals surface area contributed by atoms with Crippen molar-refractivity contribution >= 4 is 5.91 Å². The van der Waals surface area contributed by atoms with Gasteiger partial charge in [0.25, 0.3) is 5.91 Å². The maximum Gasteiger partial charge on any atom is 0.268 e. The molecular weight excluding hydrogens is 232 g/mol. The SMILES string of the molecule is CC(O)(CO)CNC(=O)c1cccn1C1CCC1. The molecule has 100 valence electrons. The summed E-state index contributed by atoms with van der Waals surface area (Å²) in [4.78, 5) is 12.0. The second-order valence-electron chi connectivity index (χ2n) is 5.22. The first kappa shape index (κ1) is 13.1. The van der Waals surface area contributed by atoms with E-state index in [1.54, 1.807) is 6.07 Å². The van der Waals surface area contributed by atoms with Crippen LogP contribution >= 0.6 is 0 Å². The van der Waals surface area contributed by atoms with Crippen LogP contribution < -0.4 is 5.32 Å². The standard InChI is InChI=1S/C13H20N2O3/c1-13(18,9-16)8-14-12(17)11-6-3-7-15(11)10-4-2-5-10/h3,6-7,10,16,18H,2,4-5,8-9H2,1H3,(H,14,17). The van der Waals surface area contributed by atoms with Crippen molar-refractivity contribution in [2.24, 2.45) is 0 Å². The van der Waals surface area contributed by atoms with E-state index in [9.17, 15) is 9.90 Å². The maximum absolute atomic E-state index is 12.0. The van der Waals surface area contributed by atoms with E-state index >= 15 is 0 Å². The smallest absolute Gasteiger partial charge is 0.268 e. The Hall–Kier alpha value is -1.33. The highest BCUT2D eigenvalue weighted by Gasteiger charge is 2.25. The van der Waals surface area contributed by atoms with Gasteiger partial charge in [-0.2, -0.15) is 0 Å². The van der Waals surface area contributed by atoms with Gasteiger partial charge >= 0.3 is 0 Å². The Morgan fingerprint density at radius 1 is 1.61 bits per heavy atom. The Balaban J connectivity index is 1.98. The Morgan fingerprint density at radius 3 is 2.89 bits per heavy atom. The molecule has 18 heavy (non-hydrogen) atoms. The lowest BCUT2D eigenvalue weighted by Crippen LogP contribution is -2.43. The average Bonchev–Trinajstić information content (AvgIpc) is 2.73. The fraction of sp³-hybridized carbons (Fsp3) is 0.615. The second-order valence-corrected chi connectivity index (χ2v) is 5.22. The predicted octanol–water partition coefficient (Wildman–Crippen LogP) is 0.686. The number of hydrogen-bond donors (Lipinski definition) is 3. The number of aromatic nitrogens is 1. The number of hydrogen-bond acceptors (Lipinski definition) is 3. The third kappa shape index (κ3) is 2.73. The van der Waals surface area contributed by atoms with Gasteiger partial charge in [-0.1, -0.05) is 0 Å². The number of carbonyl (C=O) groups excluding carboxylic acids is 1. The lowest BCUT2D eigenvalue weighted by atomic mass is 9.93. The molecule has 0 spiro atoms. The third-order valence-electron chi connectivity index (χ3n) is 3.45. The highest BCUT2D eigenvalue weighted by Crippen LogP contribution is 2.32. The molecule has 2 rings (SSSR count). The first-order valence-electron chi connectivity index (χ1n) is 6.32. The van der Waals surface area contributed by atoms with Crippen LogP contribution in [0.5, 0.6) is 0 Å². The zero-order chi connectivity index (χ0) is 13.2. The van der Waals surface area contributed by atoms with E-state index in [1.165, 1.54) is 13.3 Å². The molecule has 5 heteroatoms. The molecule has 1 saturated carbocycles. The molecular formula is C13H20N2O3. The number of carbonyl (C=O) groups is 1. The van der Waals surface area contributed by atoms with E-state index in [0.717, 1.165) is 12.8 Å². The molecule has 0 aliphatic heterocycles. The summed E-state index contributed by atoms with van der Waals surface area (Å²) in [5, 5.41) is 21.2. The van der Waals surface area contributed by atoms with Crippen LogP contribution in [0.25, 0.3) is 0 Å². The molecule has 0 saturated heterocycles. The molecule has 1 amide bonds. The third-order valence-corrected chi connectivity index (χ3v) is 3.45. The van der Waals surface area contributed by atoms with Gasteiger partial charge < -0.3 is 20.1 Å². The molecule has 0 radical (unpaired) electrons. The molecule has 1 heterocycles. The molecule has 1 aromatic rings. The number of aliphatic hydroxyl groups excluding tert-OH is 1. The number of nitrogens with zero attached hydrogens (tertiary/aromatic N) is 1. The summed E-state index contributed by atoms with van der Waals surface area (Å²) in [7, 11) is 0. The van der Waals surface area contributed by atoms with E-state index in [0.29, 0.717) is 11.7 Å². The topological polar surface area (TPSA) is 74.5 Å². The number of rotatable bonds is 5. The fourth-order valence-corrected chi connectivity index (χ4v) is 1.99. The van der Waals surface area contributed by atoms with E-state index in [4.69, 9.17) is 5.11 Å². The minimum atomic E-state index is -1.27. The van der Waals surface area contributed by atoms with Gasteiger partial charge in [-0.05, 0) is 38.3 Å². The predicted molar refractivity (Wildman–Crippen MR) is 67.4 cm³/mol. The fourth-order valence-electron chi connectivity index (χ4n) is 1.99. The summed E-state index contributed by atoms with van der Waals surface area (Å²) in [6, 6.07) is 4.07. The van der Waals surface area contributed by atoms with Gasteiger partial charge in [-0.15, -0.1) is 0 Å². The first-order chi connectivity index (χ1) is 8.53. The highest BCUT2D eigenvalue weighted by atomic mass is 16.3. The van der Waals surface area contributed by atoms with Crippen LogP contribution in [0.3, 0.4) is 0 Å². The van der Waals surface area contributed by atoms with Crippen molar-refractivity contribution in [2.45, 2.75) is 37.8 Å². The molecule has 1 aliphatic rings. The molecule has 1 unspecified atom stereocenters. The average molecular weight is 252 g/mol. The number of amides is 1. The van der Waals surface area contributed by atoms with Gasteiger partial charge in [0, 0.05) is 18.8 Å². The Bertz CT molecular complexity index is 422. The van der Waals surface area contributed by atoms with Crippen LogP contribution in [-0.4, -0.2) is 39.4 Å². The van der Waals surface area contributed by atoms with Gasteiger partial charge in [0.15, 0.2) is 0 Å². The minimum absolute atomic E-state index is 0.0399. The maximum atomic E-state index is 12.0. The van der Waals surface area contributed by atoms with Gasteiger partial charge in [-0.3, -0.25) is 4.79 Å². The molecule has 1 atom stereocenters. The van der Waals surface area contributed by atoms with Crippen LogP contribution in [0.2, 0.25) is 0 Å². The van der Waals surface area contributed by atoms with Crippen LogP contribution in [0, 0.1) is 0 Å². The quantitative estimate of drug-likeness (QED) is 0.721. The summed E-state index contributed by atoms with van der Waals surface area (Å²) >= 11 is 0. The number of nitrogens with one attached hydrogen (secondary N) is 1. The Kier molecular flexibility index (Phi) is 3.73. The second kappa shape index (κ2) is 5.12. The largest absolute Gasteiger partial charge is 0.393 e. The van der Waals surface area contributed by atoms with Crippen molar-refractivity contribution in [1.29, 1.82) is 0 Å². The van der Waals surface area contributed by atoms with Crippen LogP contribution in [0.15, 0.2) is 18.3 Å². The van der Waals surface area contributed by atoms with Crippen LogP contribution in [0.1, 0.15) is 42.7 Å². The van der Waals surface area contributed by atoms with Crippen molar-refractivity contribution in [3.05, 3.63) is 24.0 Å². The summed E-state index contributed by atoms with van der Waals surface area (Å²) in [6.45, 7) is 1.15. The van der Waals surface area contributed by atoms with Crippen molar-refractivity contribution in [2.75, 3.05) is 13.2 Å². The lowest BCUT2D eigenvalue weighted by molar-refractivity contribution is 0.00310. The normalized spacial score (nSPS) is 19.1. The Morgan fingerprint density at radius 2 is 2.33 bits per heavy atom. The van der Waals surface area contributed by atoms with Crippen molar-refractivity contribution in [1.82, 2.24) is 9.88 Å². The Labute approximate surface area is 106 Å². The molecule has 1 aliphatic carbocycles. The number of aliphatic hydroxyl groups is 2. The van der Waals surface area contributed by atoms with E-state index in [1.807, 2.05) is 16.8 Å². The molecule has 0 aromatic carbocycles. The van der Waals surface area contributed by atoms with E-state index in [2.05, 4.69) is 5.32 Å². The van der Waals surface area contributed by atoms with Gasteiger partial charge in [-0.25, -0.2) is 0 Å². The van der Waals surface area contributed by atoms with Gasteiger partial charge in [0.1, 0.15) is 11.3 Å². The summed E-state index contributed by atoms with van der Waals surface area (Å²) in [6.07, 6.45) is 5.36. The molecule has 1 fully saturated rings. The van der Waals surface area contributed by atoms with Crippen molar-refractivity contribution < 1.29 is 15.0 Å². The van der Waals surface area contributed by atoms with Crippen molar-refractivity contribution in [3.8, 4) is 0 Å². The zero-order valence-electron chi connectivity index (χ0n) is 10.6. The molecule has 1 aromatic heterocycles. The van der Waals surface area contributed by atoms with Gasteiger partial charge in [0.2, 0.25) is 0 Å². The monoisotopic (exact) mass is 252 g/mol. The molecule has 0 bridgehead atoms. The van der Waals surface area contributed by atoms with Crippen molar-refractivity contribution in [3.63, 3.8) is 0 Å². The van der Waals surface area contributed by atoms with Gasteiger partial charge in [0.05, 0.1) is 6.61 Å². The highest BCUT2D eigenvalue weighted by molar-refractivity contribution is 5.92. The summed E-state index contributed by atoms with van der Waals surface area (Å²) < 4.78 is 1.99. The summed E-state index contributed by atoms with van der Waals surface area (Å²) in [5.41, 5.74) is -0.655. The minimum Gasteiger partial charge on any atom is -0.393 e. The lowest BCUT2D eigenvalue weighted by Gasteiger charge is -2.29. The molecule has 3 N–H and O–H groups in total. The summed E-state index contributed by atoms with van der Waals surface area (Å²) in [5.74, 6) is -0.208. The zero-order valence-corrected chi connectivity index (χ0v) is 10.6. The van der Waals surface area contributed by atoms with E-state index in [-0.39, 0.29) is 19.1 Å². The van der Waals surface area contributed by atoms with Crippen LogP contribution in [-0.2, 0) is 0 Å². The van der Waals surface area contributed by atoms with Crippen LogP contribution in [0.4, 0.5) is 0 Å². The molecule has 5 nitrogen and oxygen atoms in total.